The largest absolute Gasteiger partial charge is 0.396 e. The molecule has 1 unspecified atom stereocenters. The Balaban J connectivity index is 1.80. The highest BCUT2D eigenvalue weighted by Crippen LogP contribution is 2.16. The second-order valence-corrected chi connectivity index (χ2v) is 5.54. The maximum absolute atomic E-state index is 11.8. The standard InChI is InChI=1S/C13H17BrN2O2/c14-11-1-3-12(4-2-11)15-13(18)8-16-6-5-10(7-16)9-17/h1-4,10,17H,5-9H2,(H,15,18). The first kappa shape index (κ1) is 13.5. The average Bonchev–Trinajstić information content (AvgIpc) is 2.79. The van der Waals surface area contributed by atoms with Gasteiger partial charge in [0.1, 0.15) is 0 Å². The molecule has 2 rings (SSSR count). The van der Waals surface area contributed by atoms with Crippen molar-refractivity contribution in [2.45, 2.75) is 6.42 Å². The highest BCUT2D eigenvalue weighted by molar-refractivity contribution is 9.10. The van der Waals surface area contributed by atoms with Crippen molar-refractivity contribution in [3.8, 4) is 0 Å². The molecule has 1 aromatic carbocycles. The maximum atomic E-state index is 11.8. The van der Waals surface area contributed by atoms with Crippen LogP contribution < -0.4 is 5.32 Å². The van der Waals surface area contributed by atoms with Gasteiger partial charge in [0.05, 0.1) is 6.54 Å². The molecule has 1 atom stereocenters. The normalized spacial score (nSPS) is 20.0. The van der Waals surface area contributed by atoms with Crippen LogP contribution in [0.25, 0.3) is 0 Å². The lowest BCUT2D eigenvalue weighted by Crippen LogP contribution is -2.31. The van der Waals surface area contributed by atoms with E-state index in [1.54, 1.807) is 0 Å². The van der Waals surface area contributed by atoms with E-state index in [-0.39, 0.29) is 12.5 Å². The highest BCUT2D eigenvalue weighted by atomic mass is 79.9. The summed E-state index contributed by atoms with van der Waals surface area (Å²) >= 11 is 3.35. The van der Waals surface area contributed by atoms with Crippen LogP contribution in [0, 0.1) is 5.92 Å². The van der Waals surface area contributed by atoms with E-state index in [4.69, 9.17) is 5.11 Å². The van der Waals surface area contributed by atoms with E-state index in [0.29, 0.717) is 12.5 Å². The molecule has 1 aliphatic rings. The van der Waals surface area contributed by atoms with E-state index in [2.05, 4.69) is 26.1 Å². The lowest BCUT2D eigenvalue weighted by atomic mass is 10.1. The molecule has 0 aromatic heterocycles. The van der Waals surface area contributed by atoms with Gasteiger partial charge in [-0.15, -0.1) is 0 Å². The molecule has 98 valence electrons. The van der Waals surface area contributed by atoms with Gasteiger partial charge in [-0.1, -0.05) is 15.9 Å². The lowest BCUT2D eigenvalue weighted by molar-refractivity contribution is -0.117. The first-order valence-corrected chi connectivity index (χ1v) is 6.85. The lowest BCUT2D eigenvalue weighted by Gasteiger charge is -2.15. The van der Waals surface area contributed by atoms with Gasteiger partial charge in [0.2, 0.25) is 5.91 Å². The SMILES string of the molecule is O=C(CN1CCC(CO)C1)Nc1ccc(Br)cc1. The summed E-state index contributed by atoms with van der Waals surface area (Å²) in [6.07, 6.45) is 0.974. The molecule has 0 bridgehead atoms. The number of nitrogens with zero attached hydrogens (tertiary/aromatic N) is 1. The van der Waals surface area contributed by atoms with Gasteiger partial charge in [0.25, 0.3) is 0 Å². The quantitative estimate of drug-likeness (QED) is 0.890. The molecule has 0 radical (unpaired) electrons. The number of halogens is 1. The Bertz CT molecular complexity index is 408. The predicted octanol–water partition coefficient (Wildman–Crippen LogP) is 1.70. The van der Waals surface area contributed by atoms with Crippen LogP contribution in [0.3, 0.4) is 0 Å². The van der Waals surface area contributed by atoms with Crippen molar-refractivity contribution in [1.82, 2.24) is 4.90 Å². The molecule has 0 spiro atoms. The summed E-state index contributed by atoms with van der Waals surface area (Å²) in [5.74, 6) is 0.321. The van der Waals surface area contributed by atoms with E-state index < -0.39 is 0 Å². The van der Waals surface area contributed by atoms with Crippen LogP contribution in [0.1, 0.15) is 6.42 Å². The molecule has 4 nitrogen and oxygen atoms in total. The molecule has 5 heteroatoms. The van der Waals surface area contributed by atoms with Crippen molar-refractivity contribution in [2.24, 2.45) is 5.92 Å². The van der Waals surface area contributed by atoms with E-state index >= 15 is 0 Å². The number of carbonyl (C=O) groups excluding carboxylic acids is 1. The van der Waals surface area contributed by atoms with Gasteiger partial charge in [-0.25, -0.2) is 0 Å². The van der Waals surface area contributed by atoms with E-state index in [0.717, 1.165) is 29.7 Å². The van der Waals surface area contributed by atoms with Gasteiger partial charge in [-0.05, 0) is 43.1 Å². The zero-order valence-electron chi connectivity index (χ0n) is 10.1. The molecule has 1 fully saturated rings. The van der Waals surface area contributed by atoms with Gasteiger partial charge in [0.15, 0.2) is 0 Å². The van der Waals surface area contributed by atoms with Crippen molar-refractivity contribution in [3.05, 3.63) is 28.7 Å². The smallest absolute Gasteiger partial charge is 0.238 e. The molecule has 2 N–H and O–H groups in total. The van der Waals surface area contributed by atoms with Gasteiger partial charge in [0, 0.05) is 23.3 Å². The Labute approximate surface area is 115 Å². The summed E-state index contributed by atoms with van der Waals surface area (Å²) in [5.41, 5.74) is 0.807. The van der Waals surface area contributed by atoms with Crippen molar-refractivity contribution in [1.29, 1.82) is 0 Å². The first-order chi connectivity index (χ1) is 8.67. The fourth-order valence-corrected chi connectivity index (χ4v) is 2.41. The summed E-state index contributed by atoms with van der Waals surface area (Å²) in [6, 6.07) is 7.52. The van der Waals surface area contributed by atoms with Gasteiger partial charge >= 0.3 is 0 Å². The minimum atomic E-state index is -0.00378. The molecule has 1 heterocycles. The number of aliphatic hydroxyl groups excluding tert-OH is 1. The van der Waals surface area contributed by atoms with Crippen molar-refractivity contribution < 1.29 is 9.90 Å². The predicted molar refractivity (Wildman–Crippen MR) is 74.4 cm³/mol. The Morgan fingerprint density at radius 2 is 2.17 bits per heavy atom. The Morgan fingerprint density at radius 3 is 2.78 bits per heavy atom. The number of nitrogens with one attached hydrogen (secondary N) is 1. The van der Waals surface area contributed by atoms with Crippen LogP contribution in [0.5, 0.6) is 0 Å². The minimum absolute atomic E-state index is 0.00378. The van der Waals surface area contributed by atoms with Crippen molar-refractivity contribution in [2.75, 3.05) is 31.6 Å². The molecule has 1 aliphatic heterocycles. The van der Waals surface area contributed by atoms with Gasteiger partial charge in [-0.2, -0.15) is 0 Å². The van der Waals surface area contributed by atoms with Crippen LogP contribution in [0.15, 0.2) is 28.7 Å². The number of carbonyl (C=O) groups is 1. The number of likely N-dealkylation sites (tertiary alicyclic amines) is 1. The average molecular weight is 313 g/mol. The van der Waals surface area contributed by atoms with E-state index in [1.165, 1.54) is 0 Å². The molecular weight excluding hydrogens is 296 g/mol. The monoisotopic (exact) mass is 312 g/mol. The van der Waals surface area contributed by atoms with Crippen LogP contribution in [0.2, 0.25) is 0 Å². The summed E-state index contributed by atoms with van der Waals surface area (Å²) < 4.78 is 0.992. The number of benzene rings is 1. The minimum Gasteiger partial charge on any atom is -0.396 e. The zero-order valence-corrected chi connectivity index (χ0v) is 11.7. The summed E-state index contributed by atoms with van der Waals surface area (Å²) in [4.78, 5) is 13.9. The molecular formula is C13H17BrN2O2. The van der Waals surface area contributed by atoms with Crippen molar-refractivity contribution in [3.63, 3.8) is 0 Å². The molecule has 1 saturated heterocycles. The zero-order chi connectivity index (χ0) is 13.0. The number of rotatable bonds is 4. The number of hydrogen-bond donors (Lipinski definition) is 2. The third-order valence-electron chi connectivity index (χ3n) is 3.12. The van der Waals surface area contributed by atoms with Crippen LogP contribution in [-0.4, -0.2) is 42.2 Å². The molecule has 0 saturated carbocycles. The van der Waals surface area contributed by atoms with Crippen LogP contribution in [0.4, 0.5) is 5.69 Å². The number of aliphatic hydroxyl groups is 1. The fraction of sp³-hybridized carbons (Fsp3) is 0.462. The number of anilines is 1. The third kappa shape index (κ3) is 3.80. The fourth-order valence-electron chi connectivity index (χ4n) is 2.14. The topological polar surface area (TPSA) is 52.6 Å². The number of amides is 1. The van der Waals surface area contributed by atoms with Gasteiger partial charge in [-0.3, -0.25) is 9.69 Å². The van der Waals surface area contributed by atoms with E-state index in [1.807, 2.05) is 24.3 Å². The Kier molecular flexibility index (Phi) is 4.74. The molecule has 1 amide bonds. The third-order valence-corrected chi connectivity index (χ3v) is 3.65. The molecule has 0 aliphatic carbocycles. The van der Waals surface area contributed by atoms with Crippen LogP contribution in [-0.2, 0) is 4.79 Å². The summed E-state index contributed by atoms with van der Waals surface area (Å²) in [7, 11) is 0. The Hall–Kier alpha value is -0.910. The maximum Gasteiger partial charge on any atom is 0.238 e. The van der Waals surface area contributed by atoms with Crippen molar-refractivity contribution >= 4 is 27.5 Å². The second-order valence-electron chi connectivity index (χ2n) is 4.63. The van der Waals surface area contributed by atoms with Gasteiger partial charge < -0.3 is 10.4 Å². The first-order valence-electron chi connectivity index (χ1n) is 6.06. The highest BCUT2D eigenvalue weighted by Gasteiger charge is 2.23. The Morgan fingerprint density at radius 1 is 1.44 bits per heavy atom. The molecule has 1 aromatic rings. The molecule has 18 heavy (non-hydrogen) atoms. The second kappa shape index (κ2) is 6.31. The number of hydrogen-bond acceptors (Lipinski definition) is 3. The van der Waals surface area contributed by atoms with E-state index in [9.17, 15) is 4.79 Å². The summed E-state index contributed by atoms with van der Waals surface area (Å²) in [5, 5.41) is 11.9. The van der Waals surface area contributed by atoms with Crippen LogP contribution >= 0.6 is 15.9 Å². The summed E-state index contributed by atoms with van der Waals surface area (Å²) in [6.45, 7) is 2.31.